The first-order chi connectivity index (χ1) is 15.4. The van der Waals surface area contributed by atoms with Crippen LogP contribution in [0.5, 0.6) is 11.5 Å². The molecule has 7 heteroatoms. The van der Waals surface area contributed by atoms with E-state index in [2.05, 4.69) is 30.9 Å². The van der Waals surface area contributed by atoms with Crippen molar-refractivity contribution in [3.63, 3.8) is 0 Å². The number of β-amino-alcohol motifs (C(OH)–C–C–N with tert-alkyl or cyclic N) is 1. The van der Waals surface area contributed by atoms with E-state index in [0.29, 0.717) is 18.9 Å². The Labute approximate surface area is 200 Å². The number of hydrogen-bond donors (Lipinski definition) is 2. The number of halogens is 1. The highest BCUT2D eigenvalue weighted by Crippen LogP contribution is 2.33. The summed E-state index contributed by atoms with van der Waals surface area (Å²) in [5, 5.41) is 19.8. The number of benzene rings is 2. The van der Waals surface area contributed by atoms with Gasteiger partial charge < -0.3 is 19.7 Å². The van der Waals surface area contributed by atoms with Crippen molar-refractivity contribution in [2.24, 2.45) is 0 Å². The molecule has 0 aliphatic carbocycles. The summed E-state index contributed by atoms with van der Waals surface area (Å²) in [5.74, 6) is 3.90. The van der Waals surface area contributed by atoms with Crippen molar-refractivity contribution in [1.29, 1.82) is 0 Å². The maximum absolute atomic E-state index is 10.3. The third-order valence-electron chi connectivity index (χ3n) is 5.79. The quantitative estimate of drug-likeness (QED) is 0.478. The number of rotatable bonds is 11. The first kappa shape index (κ1) is 25.2. The van der Waals surface area contributed by atoms with Crippen molar-refractivity contribution < 1.29 is 19.7 Å². The minimum absolute atomic E-state index is 0.154. The van der Waals surface area contributed by atoms with Crippen LogP contribution >= 0.6 is 23.4 Å². The van der Waals surface area contributed by atoms with Crippen LogP contribution in [0, 0.1) is 0 Å². The molecule has 0 saturated carbocycles. The lowest BCUT2D eigenvalue weighted by Crippen LogP contribution is -2.40. The van der Waals surface area contributed by atoms with Gasteiger partial charge in [0.05, 0.1) is 5.88 Å². The molecule has 2 aromatic carbocycles. The Bertz CT molecular complexity index is 810. The predicted octanol–water partition coefficient (Wildman–Crippen LogP) is 3.78. The lowest BCUT2D eigenvalue weighted by Gasteiger charge is -2.28. The van der Waals surface area contributed by atoms with Gasteiger partial charge in [0.2, 0.25) is 0 Å². The van der Waals surface area contributed by atoms with Gasteiger partial charge in [-0.25, -0.2) is 0 Å². The molecule has 176 valence electrons. The molecule has 0 aromatic heterocycles. The van der Waals surface area contributed by atoms with Crippen LogP contribution in [0.3, 0.4) is 0 Å². The lowest BCUT2D eigenvalue weighted by molar-refractivity contribution is 0.0715. The van der Waals surface area contributed by atoms with Gasteiger partial charge in [-0.3, -0.25) is 4.90 Å². The van der Waals surface area contributed by atoms with Gasteiger partial charge in [0, 0.05) is 36.6 Å². The first-order valence-corrected chi connectivity index (χ1v) is 12.8. The number of alkyl halides is 1. The molecule has 32 heavy (non-hydrogen) atoms. The second-order valence-electron chi connectivity index (χ2n) is 8.67. The summed E-state index contributed by atoms with van der Waals surface area (Å²) >= 11 is 7.57. The molecule has 2 unspecified atom stereocenters. The fraction of sp³-hybridized carbons (Fsp3) is 0.520. The molecule has 0 radical (unpaired) electrons. The maximum Gasteiger partial charge on any atom is 0.119 e. The van der Waals surface area contributed by atoms with Gasteiger partial charge in [-0.1, -0.05) is 38.1 Å². The van der Waals surface area contributed by atoms with E-state index in [1.807, 2.05) is 48.2 Å². The molecule has 1 aliphatic rings. The molecule has 2 atom stereocenters. The molecule has 0 spiro atoms. The Morgan fingerprint density at radius 3 is 1.81 bits per heavy atom. The average molecular weight is 480 g/mol. The van der Waals surface area contributed by atoms with Gasteiger partial charge in [0.15, 0.2) is 0 Å². The summed E-state index contributed by atoms with van der Waals surface area (Å²) < 4.78 is 11.4. The number of aliphatic hydroxyl groups excluding tert-OH is 2. The highest BCUT2D eigenvalue weighted by Gasteiger charge is 2.23. The fourth-order valence-corrected chi connectivity index (χ4v) is 4.73. The largest absolute Gasteiger partial charge is 0.491 e. The summed E-state index contributed by atoms with van der Waals surface area (Å²) in [4.78, 5) is 2.30. The summed E-state index contributed by atoms with van der Waals surface area (Å²) in [6.07, 6.45) is -1.15. The van der Waals surface area contributed by atoms with Crippen molar-refractivity contribution in [3.05, 3.63) is 59.7 Å². The van der Waals surface area contributed by atoms with Crippen molar-refractivity contribution in [2.75, 3.05) is 50.2 Å². The molecule has 2 N–H and O–H groups in total. The first-order valence-electron chi connectivity index (χ1n) is 11.1. The molecule has 1 aliphatic heterocycles. The van der Waals surface area contributed by atoms with Crippen LogP contribution in [-0.4, -0.2) is 77.6 Å². The Balaban J connectivity index is 1.53. The number of nitrogens with zero attached hydrogens (tertiary/aromatic N) is 1. The minimum Gasteiger partial charge on any atom is -0.491 e. The third kappa shape index (κ3) is 7.29. The normalized spacial score (nSPS) is 17.0. The zero-order valence-corrected chi connectivity index (χ0v) is 20.4. The molecule has 1 saturated heterocycles. The Morgan fingerprint density at radius 2 is 1.34 bits per heavy atom. The number of aliphatic hydroxyl groups is 2. The SMILES string of the molecule is CC(C)(c1ccc(OCC(O)CCl)cc1)c1ccc(OCC(O)CN2CCSCC2)cc1. The standard InChI is InChI=1S/C25H34ClNO4S/c1-25(2,19-3-7-23(8-4-19)30-17-21(28)15-26)20-5-9-24(10-6-20)31-18-22(29)16-27-11-13-32-14-12-27/h3-10,21-22,28-29H,11-18H2,1-2H3. The third-order valence-corrected chi connectivity index (χ3v) is 7.09. The topological polar surface area (TPSA) is 62.2 Å². The van der Waals surface area contributed by atoms with Crippen LogP contribution in [0.4, 0.5) is 0 Å². The van der Waals surface area contributed by atoms with Gasteiger partial charge in [0.1, 0.15) is 36.9 Å². The summed E-state index contributed by atoms with van der Waals surface area (Å²) in [6.45, 7) is 7.57. The van der Waals surface area contributed by atoms with Gasteiger partial charge in [-0.2, -0.15) is 11.8 Å². The van der Waals surface area contributed by atoms with E-state index < -0.39 is 12.2 Å². The Kier molecular flexibility index (Phi) is 9.56. The highest BCUT2D eigenvalue weighted by atomic mass is 35.5. The van der Waals surface area contributed by atoms with Gasteiger partial charge in [0.25, 0.3) is 0 Å². The molecule has 2 aromatic rings. The minimum atomic E-state index is -0.668. The zero-order valence-electron chi connectivity index (χ0n) is 18.9. The molecule has 5 nitrogen and oxygen atoms in total. The molecule has 3 rings (SSSR count). The molecular formula is C25H34ClNO4S. The molecule has 1 heterocycles. The second-order valence-corrected chi connectivity index (χ2v) is 10.2. The van der Waals surface area contributed by atoms with Crippen molar-refractivity contribution in [1.82, 2.24) is 4.90 Å². The summed E-state index contributed by atoms with van der Waals surface area (Å²) in [5.41, 5.74) is 2.13. The maximum atomic E-state index is 10.3. The van der Waals surface area contributed by atoms with Crippen LogP contribution < -0.4 is 9.47 Å². The van der Waals surface area contributed by atoms with Gasteiger partial charge in [-0.15, -0.1) is 11.6 Å². The van der Waals surface area contributed by atoms with Crippen LogP contribution in [0.2, 0.25) is 0 Å². The number of hydrogen-bond acceptors (Lipinski definition) is 6. The van der Waals surface area contributed by atoms with E-state index in [9.17, 15) is 10.2 Å². The van der Waals surface area contributed by atoms with E-state index in [1.165, 1.54) is 5.56 Å². The average Bonchev–Trinajstić information content (AvgIpc) is 2.82. The van der Waals surface area contributed by atoms with Crippen LogP contribution in [0.15, 0.2) is 48.5 Å². The number of ether oxygens (including phenoxy) is 2. The molecular weight excluding hydrogens is 446 g/mol. The van der Waals surface area contributed by atoms with Crippen LogP contribution in [-0.2, 0) is 5.41 Å². The summed E-state index contributed by atoms with van der Waals surface area (Å²) in [6, 6.07) is 16.0. The summed E-state index contributed by atoms with van der Waals surface area (Å²) in [7, 11) is 0. The lowest BCUT2D eigenvalue weighted by atomic mass is 9.78. The smallest absolute Gasteiger partial charge is 0.119 e. The number of thioether (sulfide) groups is 1. The van der Waals surface area contributed by atoms with Gasteiger partial charge >= 0.3 is 0 Å². The van der Waals surface area contributed by atoms with Crippen molar-refractivity contribution in [3.8, 4) is 11.5 Å². The van der Waals surface area contributed by atoms with Gasteiger partial charge in [-0.05, 0) is 35.4 Å². The highest BCUT2D eigenvalue weighted by molar-refractivity contribution is 7.99. The molecule has 1 fully saturated rings. The van der Waals surface area contributed by atoms with Crippen LogP contribution in [0.1, 0.15) is 25.0 Å². The predicted molar refractivity (Wildman–Crippen MR) is 133 cm³/mol. The Hall–Kier alpha value is -1.44. The van der Waals surface area contributed by atoms with E-state index >= 15 is 0 Å². The molecule has 0 amide bonds. The second kappa shape index (κ2) is 12.1. The van der Waals surface area contributed by atoms with Crippen molar-refractivity contribution >= 4 is 23.4 Å². The van der Waals surface area contributed by atoms with Crippen molar-refractivity contribution in [2.45, 2.75) is 31.5 Å². The van der Waals surface area contributed by atoms with E-state index in [1.54, 1.807) is 0 Å². The van der Waals surface area contributed by atoms with E-state index in [0.717, 1.165) is 35.9 Å². The Morgan fingerprint density at radius 1 is 0.875 bits per heavy atom. The fourth-order valence-electron chi connectivity index (χ4n) is 3.67. The molecule has 0 bridgehead atoms. The van der Waals surface area contributed by atoms with E-state index in [-0.39, 0.29) is 17.9 Å². The zero-order chi connectivity index (χ0) is 23.0. The van der Waals surface area contributed by atoms with Crippen LogP contribution in [0.25, 0.3) is 0 Å². The monoisotopic (exact) mass is 479 g/mol. The van der Waals surface area contributed by atoms with E-state index in [4.69, 9.17) is 21.1 Å².